The van der Waals surface area contributed by atoms with Crippen LogP contribution in [0.25, 0.3) is 0 Å². The first-order valence-electron chi connectivity index (χ1n) is 8.16. The summed E-state index contributed by atoms with van der Waals surface area (Å²) in [6.07, 6.45) is 4.19. The van der Waals surface area contributed by atoms with Gasteiger partial charge in [-0.1, -0.05) is 18.5 Å². The van der Waals surface area contributed by atoms with Crippen molar-refractivity contribution in [3.05, 3.63) is 35.0 Å². The lowest BCUT2D eigenvalue weighted by Crippen LogP contribution is -2.47. The van der Waals surface area contributed by atoms with Crippen molar-refractivity contribution in [2.24, 2.45) is 0 Å². The maximum absolute atomic E-state index is 12.3. The molecule has 8 heteroatoms. The molecule has 2 atom stereocenters. The van der Waals surface area contributed by atoms with Crippen molar-refractivity contribution in [2.75, 3.05) is 5.32 Å². The second kappa shape index (κ2) is 7.27. The molecule has 0 bridgehead atoms. The number of carbonyl (C=O) groups is 1. The monoisotopic (exact) mass is 348 g/mol. The molecule has 0 saturated heterocycles. The van der Waals surface area contributed by atoms with Gasteiger partial charge < -0.3 is 15.2 Å². The molecule has 0 fully saturated rings. The molecule has 3 heterocycles. The molecule has 0 radical (unpaired) electrons. The van der Waals surface area contributed by atoms with Crippen LogP contribution < -0.4 is 10.6 Å². The van der Waals surface area contributed by atoms with Gasteiger partial charge in [0.25, 0.3) is 0 Å². The van der Waals surface area contributed by atoms with E-state index in [-0.39, 0.29) is 18.0 Å². The summed E-state index contributed by atoms with van der Waals surface area (Å²) in [5.41, 5.74) is 0. The quantitative estimate of drug-likeness (QED) is 0.861. The number of amides is 1. The van der Waals surface area contributed by atoms with Crippen molar-refractivity contribution in [3.63, 3.8) is 0 Å². The van der Waals surface area contributed by atoms with E-state index in [1.807, 2.05) is 6.92 Å². The van der Waals surface area contributed by atoms with Crippen molar-refractivity contribution >= 4 is 23.3 Å². The predicted molar refractivity (Wildman–Crippen MR) is 92.0 cm³/mol. The number of nitrogens with zero attached hydrogens (tertiary/aromatic N) is 4. The van der Waals surface area contributed by atoms with Crippen LogP contribution in [-0.4, -0.2) is 37.7 Å². The van der Waals surface area contributed by atoms with Crippen LogP contribution in [0.3, 0.4) is 0 Å². The van der Waals surface area contributed by atoms with Crippen molar-refractivity contribution in [1.82, 2.24) is 25.1 Å². The summed E-state index contributed by atoms with van der Waals surface area (Å²) in [5, 5.41) is 15.2. The molecule has 0 saturated carbocycles. The number of carbonyl (C=O) groups excluding carboxylic acids is 1. The number of hydrogen-bond acceptors (Lipinski definition) is 5. The highest BCUT2D eigenvalue weighted by Crippen LogP contribution is 2.16. The lowest BCUT2D eigenvalue weighted by Gasteiger charge is -2.27. The molecule has 0 unspecified atom stereocenters. The molecule has 2 aromatic heterocycles. The Bertz CT molecular complexity index is 700. The summed E-state index contributed by atoms with van der Waals surface area (Å²) >= 11 is 5.80. The van der Waals surface area contributed by atoms with Crippen LogP contribution >= 0.6 is 11.6 Å². The number of hydrogen-bond donors (Lipinski definition) is 2. The van der Waals surface area contributed by atoms with E-state index in [1.165, 1.54) is 6.20 Å². The molecule has 2 aromatic rings. The Kier molecular flexibility index (Phi) is 5.11. The minimum atomic E-state index is -0.324. The molecule has 1 aliphatic rings. The third-order valence-electron chi connectivity index (χ3n) is 4.20. The van der Waals surface area contributed by atoms with Crippen molar-refractivity contribution in [1.29, 1.82) is 0 Å². The largest absolute Gasteiger partial charge is 0.313 e. The van der Waals surface area contributed by atoms with Gasteiger partial charge in [0.1, 0.15) is 17.5 Å². The normalized spacial score (nSPS) is 18.0. The summed E-state index contributed by atoms with van der Waals surface area (Å²) in [4.78, 5) is 16.4. The summed E-state index contributed by atoms with van der Waals surface area (Å²) < 4.78 is 2.16. The average Bonchev–Trinajstić information content (AvgIpc) is 2.99. The average molecular weight is 349 g/mol. The highest BCUT2D eigenvalue weighted by atomic mass is 35.5. The van der Waals surface area contributed by atoms with Crippen LogP contribution in [0.2, 0.25) is 5.02 Å². The van der Waals surface area contributed by atoms with Crippen molar-refractivity contribution < 1.29 is 4.79 Å². The van der Waals surface area contributed by atoms with Crippen LogP contribution in [0.4, 0.5) is 5.82 Å². The van der Waals surface area contributed by atoms with Crippen molar-refractivity contribution in [3.8, 4) is 0 Å². The fourth-order valence-electron chi connectivity index (χ4n) is 2.89. The SMILES string of the molecule is CCc1nnc2n1C[C@@H](N[C@@H](C)C(=O)Nc1ccc(Cl)cn1)CC2. The summed E-state index contributed by atoms with van der Waals surface area (Å²) in [7, 11) is 0. The van der Waals surface area contributed by atoms with Crippen molar-refractivity contribution in [2.45, 2.75) is 51.7 Å². The Balaban J connectivity index is 1.57. The maximum Gasteiger partial charge on any atom is 0.242 e. The molecule has 0 aliphatic carbocycles. The van der Waals surface area contributed by atoms with Gasteiger partial charge in [0.15, 0.2) is 0 Å². The van der Waals surface area contributed by atoms with E-state index in [9.17, 15) is 4.79 Å². The van der Waals surface area contributed by atoms with E-state index in [1.54, 1.807) is 12.1 Å². The van der Waals surface area contributed by atoms with E-state index in [4.69, 9.17) is 11.6 Å². The fourth-order valence-corrected chi connectivity index (χ4v) is 3.01. The number of pyridine rings is 1. The zero-order valence-electron chi connectivity index (χ0n) is 13.8. The Morgan fingerprint density at radius 3 is 3.00 bits per heavy atom. The number of nitrogens with one attached hydrogen (secondary N) is 2. The van der Waals surface area contributed by atoms with Gasteiger partial charge >= 0.3 is 0 Å². The Labute approximate surface area is 145 Å². The van der Waals surface area contributed by atoms with Gasteiger partial charge in [0, 0.05) is 31.6 Å². The summed E-state index contributed by atoms with van der Waals surface area (Å²) in [5.74, 6) is 2.41. The summed E-state index contributed by atoms with van der Waals surface area (Å²) in [6.45, 7) is 4.72. The van der Waals surface area contributed by atoms with Crippen LogP contribution in [0, 0.1) is 0 Å². The van der Waals surface area contributed by atoms with E-state index >= 15 is 0 Å². The lowest BCUT2D eigenvalue weighted by atomic mass is 10.1. The maximum atomic E-state index is 12.3. The Morgan fingerprint density at radius 2 is 2.29 bits per heavy atom. The van der Waals surface area contributed by atoms with E-state index < -0.39 is 0 Å². The summed E-state index contributed by atoms with van der Waals surface area (Å²) in [6, 6.07) is 3.28. The molecule has 128 valence electrons. The Morgan fingerprint density at radius 1 is 1.46 bits per heavy atom. The van der Waals surface area contributed by atoms with Gasteiger partial charge in [-0.2, -0.15) is 0 Å². The molecule has 0 spiro atoms. The number of aryl methyl sites for hydroxylation is 2. The number of anilines is 1. The van der Waals surface area contributed by atoms with Crippen LogP contribution in [-0.2, 0) is 24.2 Å². The van der Waals surface area contributed by atoms with Crippen LogP contribution in [0.5, 0.6) is 0 Å². The zero-order valence-corrected chi connectivity index (χ0v) is 14.5. The topological polar surface area (TPSA) is 84.7 Å². The second-order valence-corrected chi connectivity index (χ2v) is 6.41. The van der Waals surface area contributed by atoms with E-state index in [0.29, 0.717) is 10.8 Å². The first kappa shape index (κ1) is 16.9. The first-order chi connectivity index (χ1) is 11.6. The first-order valence-corrected chi connectivity index (χ1v) is 8.54. The number of rotatable bonds is 5. The number of aromatic nitrogens is 4. The standard InChI is InChI=1S/C16H21ClN6O/c1-3-14-21-22-15-7-5-12(9-23(14)15)19-10(2)16(24)20-13-6-4-11(17)8-18-13/h4,6,8,10,12,19H,3,5,7,9H2,1-2H3,(H,18,20,24)/t10-,12-/m0/s1. The third kappa shape index (κ3) is 3.73. The van der Waals surface area contributed by atoms with Gasteiger partial charge in [-0.3, -0.25) is 4.79 Å². The molecule has 2 N–H and O–H groups in total. The highest BCUT2D eigenvalue weighted by Gasteiger charge is 2.25. The molecule has 3 rings (SSSR count). The highest BCUT2D eigenvalue weighted by molar-refractivity contribution is 6.30. The number of halogens is 1. The lowest BCUT2D eigenvalue weighted by molar-refractivity contribution is -0.118. The van der Waals surface area contributed by atoms with Gasteiger partial charge in [0.2, 0.25) is 5.91 Å². The third-order valence-corrected chi connectivity index (χ3v) is 4.42. The minimum Gasteiger partial charge on any atom is -0.313 e. The van der Waals surface area contributed by atoms with Gasteiger partial charge in [-0.05, 0) is 25.5 Å². The molecular formula is C16H21ClN6O. The van der Waals surface area contributed by atoms with E-state index in [0.717, 1.165) is 37.5 Å². The molecule has 1 aliphatic heterocycles. The second-order valence-electron chi connectivity index (χ2n) is 5.97. The van der Waals surface area contributed by atoms with Crippen LogP contribution in [0.1, 0.15) is 31.9 Å². The molecule has 0 aromatic carbocycles. The van der Waals surface area contributed by atoms with E-state index in [2.05, 4.69) is 37.3 Å². The predicted octanol–water partition coefficient (Wildman–Crippen LogP) is 1.82. The molecule has 24 heavy (non-hydrogen) atoms. The van der Waals surface area contributed by atoms with Crippen LogP contribution in [0.15, 0.2) is 18.3 Å². The minimum absolute atomic E-state index is 0.116. The molecule has 7 nitrogen and oxygen atoms in total. The molecule has 1 amide bonds. The number of fused-ring (bicyclic) bond motifs is 1. The molecular weight excluding hydrogens is 328 g/mol. The van der Waals surface area contributed by atoms with Gasteiger partial charge in [0.05, 0.1) is 11.1 Å². The van der Waals surface area contributed by atoms with Gasteiger partial charge in [-0.15, -0.1) is 10.2 Å². The zero-order chi connectivity index (χ0) is 17.1. The fraction of sp³-hybridized carbons (Fsp3) is 0.500. The Hall–Kier alpha value is -1.99. The van der Waals surface area contributed by atoms with Gasteiger partial charge in [-0.25, -0.2) is 4.98 Å². The smallest absolute Gasteiger partial charge is 0.242 e.